The third-order valence-electron chi connectivity index (χ3n) is 4.76. The summed E-state index contributed by atoms with van der Waals surface area (Å²) >= 11 is 0. The number of nitrogens with zero attached hydrogens (tertiary/aromatic N) is 1. The smallest absolute Gasteiger partial charge is 0.255 e. The van der Waals surface area contributed by atoms with Crippen molar-refractivity contribution in [2.75, 3.05) is 0 Å². The second-order valence-electron chi connectivity index (χ2n) is 6.03. The zero-order chi connectivity index (χ0) is 15.5. The number of carbonyl (C=O) groups excluding carboxylic acids is 3. The SMILES string of the molecule is [B]C1(N2Cc3ccc4c(c3C2=O)CNC4)CCC(=O)NC1=O. The maximum atomic E-state index is 12.8. The van der Waals surface area contributed by atoms with Crippen LogP contribution in [0.4, 0.5) is 0 Å². The van der Waals surface area contributed by atoms with Gasteiger partial charge in [0, 0.05) is 31.6 Å². The fourth-order valence-electron chi connectivity index (χ4n) is 3.50. The Morgan fingerprint density at radius 1 is 1.14 bits per heavy atom. The molecule has 3 heterocycles. The molecule has 7 heteroatoms. The van der Waals surface area contributed by atoms with Crippen LogP contribution >= 0.6 is 0 Å². The highest BCUT2D eigenvalue weighted by molar-refractivity contribution is 6.32. The summed E-state index contributed by atoms with van der Waals surface area (Å²) in [6.07, 6.45) is 0.292. The summed E-state index contributed by atoms with van der Waals surface area (Å²) < 4.78 is 0. The lowest BCUT2D eigenvalue weighted by atomic mass is 9.70. The number of imide groups is 1. The van der Waals surface area contributed by atoms with Gasteiger partial charge in [0.05, 0.1) is 5.44 Å². The van der Waals surface area contributed by atoms with E-state index in [2.05, 4.69) is 10.6 Å². The van der Waals surface area contributed by atoms with Crippen LogP contribution in [0.15, 0.2) is 12.1 Å². The van der Waals surface area contributed by atoms with Gasteiger partial charge in [0.2, 0.25) is 11.8 Å². The standard InChI is InChI=1S/C15H14BN3O3/c16-15(4-3-11(20)18-14(15)22)19-7-9-2-1-8-5-17-6-10(8)12(9)13(19)21/h1-2,17H,3-7H2,(H,18,20,22). The highest BCUT2D eigenvalue weighted by Crippen LogP contribution is 2.36. The molecule has 4 rings (SSSR count). The van der Waals surface area contributed by atoms with Crippen molar-refractivity contribution in [1.82, 2.24) is 15.5 Å². The molecule has 3 aliphatic heterocycles. The topological polar surface area (TPSA) is 78.5 Å². The second kappa shape index (κ2) is 4.43. The first-order valence-electron chi connectivity index (χ1n) is 7.30. The summed E-state index contributed by atoms with van der Waals surface area (Å²) in [7, 11) is 6.21. The van der Waals surface area contributed by atoms with E-state index in [9.17, 15) is 14.4 Å². The average Bonchev–Trinajstić information content (AvgIpc) is 3.07. The summed E-state index contributed by atoms with van der Waals surface area (Å²) in [6, 6.07) is 3.94. The normalized spacial score (nSPS) is 26.9. The van der Waals surface area contributed by atoms with Crippen LogP contribution in [0.2, 0.25) is 0 Å². The molecule has 1 aromatic carbocycles. The maximum Gasteiger partial charge on any atom is 0.255 e. The highest BCUT2D eigenvalue weighted by atomic mass is 16.2. The molecule has 2 radical (unpaired) electrons. The lowest BCUT2D eigenvalue weighted by Gasteiger charge is -2.40. The molecule has 0 bridgehead atoms. The van der Waals surface area contributed by atoms with E-state index in [4.69, 9.17) is 7.85 Å². The van der Waals surface area contributed by atoms with Crippen molar-refractivity contribution < 1.29 is 14.4 Å². The predicted octanol–water partition coefficient (Wildman–Crippen LogP) is -0.453. The maximum absolute atomic E-state index is 12.8. The van der Waals surface area contributed by atoms with Crippen molar-refractivity contribution in [1.29, 1.82) is 0 Å². The largest absolute Gasteiger partial charge is 0.328 e. The van der Waals surface area contributed by atoms with Gasteiger partial charge in [-0.05, 0) is 23.1 Å². The van der Waals surface area contributed by atoms with Crippen LogP contribution in [0.5, 0.6) is 0 Å². The van der Waals surface area contributed by atoms with Crippen LogP contribution in [0.1, 0.15) is 39.9 Å². The molecule has 1 aromatic rings. The van der Waals surface area contributed by atoms with E-state index in [1.54, 1.807) is 0 Å². The molecule has 0 aromatic heterocycles. The minimum atomic E-state index is -1.46. The molecule has 3 amide bonds. The number of nitrogens with one attached hydrogen (secondary N) is 2. The van der Waals surface area contributed by atoms with Gasteiger partial charge in [-0.25, -0.2) is 0 Å². The van der Waals surface area contributed by atoms with Crippen LogP contribution in [-0.2, 0) is 29.2 Å². The molecule has 1 unspecified atom stereocenters. The lowest BCUT2D eigenvalue weighted by Crippen LogP contribution is -2.63. The van der Waals surface area contributed by atoms with Crippen molar-refractivity contribution in [3.8, 4) is 0 Å². The van der Waals surface area contributed by atoms with E-state index >= 15 is 0 Å². The average molecular weight is 295 g/mol. The predicted molar refractivity (Wildman–Crippen MR) is 77.7 cm³/mol. The number of piperidine rings is 1. The number of rotatable bonds is 1. The Hall–Kier alpha value is -2.15. The first-order chi connectivity index (χ1) is 10.5. The first-order valence-corrected chi connectivity index (χ1v) is 7.30. The molecule has 6 nitrogen and oxygen atoms in total. The number of amides is 3. The van der Waals surface area contributed by atoms with Crippen molar-refractivity contribution in [3.63, 3.8) is 0 Å². The Kier molecular flexibility index (Phi) is 2.72. The lowest BCUT2D eigenvalue weighted by molar-refractivity contribution is -0.138. The number of fused-ring (bicyclic) bond motifs is 3. The molecule has 0 saturated carbocycles. The fourth-order valence-corrected chi connectivity index (χ4v) is 3.50. The molecule has 0 spiro atoms. The van der Waals surface area contributed by atoms with Gasteiger partial charge in [0.15, 0.2) is 0 Å². The van der Waals surface area contributed by atoms with E-state index in [1.807, 2.05) is 12.1 Å². The van der Waals surface area contributed by atoms with E-state index < -0.39 is 11.3 Å². The Morgan fingerprint density at radius 3 is 2.68 bits per heavy atom. The van der Waals surface area contributed by atoms with E-state index in [1.165, 1.54) is 4.90 Å². The molecule has 1 saturated heterocycles. The molecular formula is C15H14BN3O3. The van der Waals surface area contributed by atoms with Crippen LogP contribution in [0.3, 0.4) is 0 Å². The van der Waals surface area contributed by atoms with Gasteiger partial charge in [0.1, 0.15) is 7.85 Å². The molecule has 110 valence electrons. The van der Waals surface area contributed by atoms with Crippen molar-refractivity contribution in [3.05, 3.63) is 34.4 Å². The molecule has 22 heavy (non-hydrogen) atoms. The Bertz CT molecular complexity index is 733. The van der Waals surface area contributed by atoms with Gasteiger partial charge in [-0.3, -0.25) is 19.7 Å². The van der Waals surface area contributed by atoms with Gasteiger partial charge < -0.3 is 10.2 Å². The number of hydrogen-bond acceptors (Lipinski definition) is 4. The summed E-state index contributed by atoms with van der Waals surface area (Å²) in [4.78, 5) is 37.8. The van der Waals surface area contributed by atoms with Crippen LogP contribution in [0.25, 0.3) is 0 Å². The Labute approximate surface area is 128 Å². The van der Waals surface area contributed by atoms with E-state index in [0.717, 1.165) is 23.2 Å². The van der Waals surface area contributed by atoms with Crippen molar-refractivity contribution >= 4 is 25.6 Å². The molecule has 1 fully saturated rings. The second-order valence-corrected chi connectivity index (χ2v) is 6.03. The summed E-state index contributed by atoms with van der Waals surface area (Å²) in [5, 5.41) is 5.47. The minimum Gasteiger partial charge on any atom is -0.328 e. The van der Waals surface area contributed by atoms with Crippen LogP contribution < -0.4 is 10.6 Å². The van der Waals surface area contributed by atoms with Gasteiger partial charge in [-0.15, -0.1) is 0 Å². The number of hydrogen-bond donors (Lipinski definition) is 2. The third-order valence-corrected chi connectivity index (χ3v) is 4.76. The summed E-state index contributed by atoms with van der Waals surface area (Å²) in [5.74, 6) is -1.16. The van der Waals surface area contributed by atoms with Crippen molar-refractivity contribution in [2.24, 2.45) is 0 Å². The molecule has 1 atom stereocenters. The molecule has 2 N–H and O–H groups in total. The van der Waals surface area contributed by atoms with Gasteiger partial charge in [0.25, 0.3) is 5.91 Å². The molecule has 0 aliphatic carbocycles. The number of carbonyl (C=O) groups is 3. The first kappa shape index (κ1) is 13.5. The van der Waals surface area contributed by atoms with Gasteiger partial charge in [-0.2, -0.15) is 0 Å². The Morgan fingerprint density at radius 2 is 1.91 bits per heavy atom. The third kappa shape index (κ3) is 1.69. The minimum absolute atomic E-state index is 0.141. The van der Waals surface area contributed by atoms with E-state index in [-0.39, 0.29) is 24.7 Å². The monoisotopic (exact) mass is 295 g/mol. The van der Waals surface area contributed by atoms with Crippen LogP contribution in [-0.4, -0.2) is 35.9 Å². The summed E-state index contributed by atoms with van der Waals surface area (Å²) in [6.45, 7) is 1.71. The van der Waals surface area contributed by atoms with Crippen molar-refractivity contribution in [2.45, 2.75) is 37.9 Å². The Balaban J connectivity index is 1.73. The van der Waals surface area contributed by atoms with Gasteiger partial charge >= 0.3 is 0 Å². The zero-order valence-corrected chi connectivity index (χ0v) is 11.9. The zero-order valence-electron chi connectivity index (χ0n) is 11.9. The fraction of sp³-hybridized carbons (Fsp3) is 0.400. The summed E-state index contributed by atoms with van der Waals surface area (Å²) in [5.41, 5.74) is 2.21. The molecular weight excluding hydrogens is 281 g/mol. The van der Waals surface area contributed by atoms with Crippen LogP contribution in [0, 0.1) is 0 Å². The highest BCUT2D eigenvalue weighted by Gasteiger charge is 2.48. The van der Waals surface area contributed by atoms with E-state index in [0.29, 0.717) is 18.7 Å². The number of benzene rings is 1. The quantitative estimate of drug-likeness (QED) is 0.543. The molecule has 3 aliphatic rings. The van der Waals surface area contributed by atoms with Gasteiger partial charge in [-0.1, -0.05) is 12.1 Å².